The molecular formula is C12H15ClN4O3S2. The Bertz CT molecular complexity index is 920. The van der Waals surface area contributed by atoms with Crippen molar-refractivity contribution < 1.29 is 12.6 Å². The van der Waals surface area contributed by atoms with E-state index in [1.807, 2.05) is 0 Å². The van der Waals surface area contributed by atoms with E-state index in [9.17, 15) is 12.6 Å². The van der Waals surface area contributed by atoms with Crippen molar-refractivity contribution in [1.82, 2.24) is 9.78 Å². The summed E-state index contributed by atoms with van der Waals surface area (Å²) in [6, 6.07) is 6.44. The van der Waals surface area contributed by atoms with E-state index in [1.165, 1.54) is 30.3 Å². The predicted molar refractivity (Wildman–Crippen MR) is 87.5 cm³/mol. The molecule has 7 nitrogen and oxygen atoms in total. The Morgan fingerprint density at radius 3 is 2.41 bits per heavy atom. The zero-order chi connectivity index (χ0) is 16.5. The molecule has 0 aliphatic carbocycles. The first-order valence-electron chi connectivity index (χ1n) is 6.06. The number of halogens is 1. The number of nitrogens with zero attached hydrogens (tertiary/aromatic N) is 3. The lowest BCUT2D eigenvalue weighted by atomic mass is 10.3. The lowest BCUT2D eigenvalue weighted by molar-refractivity contribution is 0.601. The summed E-state index contributed by atoms with van der Waals surface area (Å²) in [7, 11) is -4.81. The summed E-state index contributed by atoms with van der Waals surface area (Å²) < 4.78 is 44.3. The molecule has 10 heteroatoms. The van der Waals surface area contributed by atoms with Crippen molar-refractivity contribution >= 4 is 42.7 Å². The predicted octanol–water partition coefficient (Wildman–Crippen LogP) is 2.23. The fourth-order valence-corrected chi connectivity index (χ4v) is 3.80. The van der Waals surface area contributed by atoms with Crippen LogP contribution in [0.2, 0.25) is 5.15 Å². The van der Waals surface area contributed by atoms with Crippen molar-refractivity contribution in [2.24, 2.45) is 11.4 Å². The second kappa shape index (κ2) is 5.90. The number of hydrogen-bond donors (Lipinski definition) is 1. The largest absolute Gasteiger partial charge is 0.277 e. The van der Waals surface area contributed by atoms with Gasteiger partial charge in [-0.3, -0.25) is 9.40 Å². The number of benzene rings is 1. The minimum Gasteiger partial charge on any atom is -0.277 e. The van der Waals surface area contributed by atoms with Gasteiger partial charge in [-0.15, -0.1) is 0 Å². The molecule has 0 aliphatic heterocycles. The number of sulfonamides is 1. The van der Waals surface area contributed by atoms with Crippen LogP contribution >= 0.6 is 11.6 Å². The van der Waals surface area contributed by atoms with E-state index in [0.717, 1.165) is 6.20 Å². The minimum absolute atomic E-state index is 0.00306. The second-order valence-corrected chi connectivity index (χ2v) is 9.37. The summed E-state index contributed by atoms with van der Waals surface area (Å²) in [5.41, 5.74) is 0.514. The fraction of sp³-hybridized carbons (Fsp3) is 0.250. The van der Waals surface area contributed by atoms with Gasteiger partial charge in [0.25, 0.3) is 10.0 Å². The highest BCUT2D eigenvalue weighted by Gasteiger charge is 2.22. The Balaban J connectivity index is 2.48. The summed E-state index contributed by atoms with van der Waals surface area (Å²) in [6.07, 6.45) is 4.10. The number of anilines is 1. The van der Waals surface area contributed by atoms with Crippen LogP contribution in [0.25, 0.3) is 0 Å². The van der Waals surface area contributed by atoms with E-state index in [-0.39, 0.29) is 15.7 Å². The molecule has 0 aliphatic rings. The molecular weight excluding hydrogens is 348 g/mol. The Hall–Kier alpha value is -1.58. The molecule has 0 amide bonds. The fourth-order valence-electron chi connectivity index (χ4n) is 1.66. The monoisotopic (exact) mass is 362 g/mol. The Labute approximate surface area is 134 Å². The van der Waals surface area contributed by atoms with Gasteiger partial charge in [-0.1, -0.05) is 23.7 Å². The van der Waals surface area contributed by atoms with Crippen molar-refractivity contribution in [3.05, 3.63) is 35.6 Å². The summed E-state index contributed by atoms with van der Waals surface area (Å²) >= 11 is 5.92. The molecule has 0 radical (unpaired) electrons. The van der Waals surface area contributed by atoms with Crippen LogP contribution in [0.1, 0.15) is 0 Å². The molecule has 1 aromatic heterocycles. The number of para-hydroxylation sites is 1. The third kappa shape index (κ3) is 3.79. The summed E-state index contributed by atoms with van der Waals surface area (Å²) in [5.74, 6) is 0. The average molecular weight is 363 g/mol. The number of aromatic nitrogens is 2. The van der Waals surface area contributed by atoms with Gasteiger partial charge in [-0.2, -0.15) is 9.46 Å². The molecule has 0 bridgehead atoms. The molecule has 0 saturated heterocycles. The van der Waals surface area contributed by atoms with E-state index >= 15 is 0 Å². The van der Waals surface area contributed by atoms with Gasteiger partial charge in [0.15, 0.2) is 0 Å². The van der Waals surface area contributed by atoms with E-state index in [4.69, 9.17) is 11.6 Å². The van der Waals surface area contributed by atoms with Crippen molar-refractivity contribution in [2.45, 2.75) is 4.90 Å². The molecule has 0 unspecified atom stereocenters. The van der Waals surface area contributed by atoms with Gasteiger partial charge in [0.05, 0.1) is 17.6 Å². The maximum atomic E-state index is 12.4. The van der Waals surface area contributed by atoms with Gasteiger partial charge in [0.1, 0.15) is 10.0 Å². The van der Waals surface area contributed by atoms with Crippen LogP contribution < -0.4 is 4.72 Å². The van der Waals surface area contributed by atoms with Gasteiger partial charge in [-0.05, 0) is 12.1 Å². The normalized spacial score (nSPS) is 12.2. The first-order chi connectivity index (χ1) is 10.1. The van der Waals surface area contributed by atoms with E-state index in [1.54, 1.807) is 18.2 Å². The van der Waals surface area contributed by atoms with Crippen LogP contribution in [0.3, 0.4) is 0 Å². The SMILES string of the molecule is Cn1ncc(S(=O)(=O)Nc2ccccc2N=S(C)(C)=O)c1Cl. The Morgan fingerprint density at radius 1 is 1.23 bits per heavy atom. The van der Waals surface area contributed by atoms with Crippen LogP contribution in [0.5, 0.6) is 0 Å². The van der Waals surface area contributed by atoms with Crippen LogP contribution in [-0.4, -0.2) is 34.9 Å². The highest BCUT2D eigenvalue weighted by molar-refractivity contribution is 7.93. The number of rotatable bonds is 4. The number of aryl methyl sites for hydroxylation is 1. The highest BCUT2D eigenvalue weighted by Crippen LogP contribution is 2.29. The molecule has 0 spiro atoms. The Kier molecular flexibility index (Phi) is 4.50. The third-order valence-corrected chi connectivity index (χ3v) is 5.15. The first-order valence-corrected chi connectivity index (χ1v) is 10.3. The zero-order valence-electron chi connectivity index (χ0n) is 12.1. The van der Waals surface area contributed by atoms with Gasteiger partial charge in [-0.25, -0.2) is 12.6 Å². The first kappa shape index (κ1) is 16.8. The lowest BCUT2D eigenvalue weighted by Gasteiger charge is -2.09. The molecule has 0 saturated carbocycles. The van der Waals surface area contributed by atoms with Crippen molar-refractivity contribution in [3.8, 4) is 0 Å². The van der Waals surface area contributed by atoms with E-state index < -0.39 is 19.8 Å². The lowest BCUT2D eigenvalue weighted by Crippen LogP contribution is -2.13. The van der Waals surface area contributed by atoms with Crippen LogP contribution in [0.15, 0.2) is 39.7 Å². The minimum atomic E-state index is -3.92. The quantitative estimate of drug-likeness (QED) is 0.902. The molecule has 0 fully saturated rings. The molecule has 1 heterocycles. The average Bonchev–Trinajstić information content (AvgIpc) is 2.71. The molecule has 2 rings (SSSR count). The van der Waals surface area contributed by atoms with Gasteiger partial charge in [0.2, 0.25) is 0 Å². The molecule has 120 valence electrons. The molecule has 1 N–H and O–H groups in total. The zero-order valence-corrected chi connectivity index (χ0v) is 14.5. The number of hydrogen-bond acceptors (Lipinski definition) is 5. The molecule has 1 aromatic carbocycles. The van der Waals surface area contributed by atoms with Crippen molar-refractivity contribution in [3.63, 3.8) is 0 Å². The standard InChI is InChI=1S/C12H15ClN4O3S2/c1-17-12(13)11(8-14-17)22(19,20)16-10-7-5-4-6-9(10)15-21(2,3)18/h4-8,16H,1-3H3. The van der Waals surface area contributed by atoms with E-state index in [2.05, 4.69) is 14.2 Å². The molecule has 0 atom stereocenters. The van der Waals surface area contributed by atoms with Crippen molar-refractivity contribution in [2.75, 3.05) is 17.2 Å². The van der Waals surface area contributed by atoms with Crippen molar-refractivity contribution in [1.29, 1.82) is 0 Å². The maximum absolute atomic E-state index is 12.4. The topological polar surface area (TPSA) is 93.4 Å². The molecule has 22 heavy (non-hydrogen) atoms. The highest BCUT2D eigenvalue weighted by atomic mass is 35.5. The van der Waals surface area contributed by atoms with Crippen LogP contribution in [0.4, 0.5) is 11.4 Å². The van der Waals surface area contributed by atoms with E-state index in [0.29, 0.717) is 5.69 Å². The summed E-state index contributed by atoms with van der Waals surface area (Å²) in [5, 5.41) is 3.80. The van der Waals surface area contributed by atoms with Gasteiger partial charge < -0.3 is 0 Å². The van der Waals surface area contributed by atoms with Crippen LogP contribution in [0, 0.1) is 0 Å². The van der Waals surface area contributed by atoms with Crippen LogP contribution in [-0.2, 0) is 26.8 Å². The Morgan fingerprint density at radius 2 is 1.86 bits per heavy atom. The third-order valence-electron chi connectivity index (χ3n) is 2.59. The summed E-state index contributed by atoms with van der Waals surface area (Å²) in [4.78, 5) is -0.139. The molecule has 2 aromatic rings. The smallest absolute Gasteiger partial charge is 0.266 e. The maximum Gasteiger partial charge on any atom is 0.266 e. The second-order valence-electron chi connectivity index (χ2n) is 4.82. The summed E-state index contributed by atoms with van der Waals surface area (Å²) in [6.45, 7) is 0. The van der Waals surface area contributed by atoms with Gasteiger partial charge in [0, 0.05) is 29.3 Å². The van der Waals surface area contributed by atoms with Gasteiger partial charge >= 0.3 is 0 Å². The number of nitrogens with one attached hydrogen (secondary N) is 1.